The first-order chi connectivity index (χ1) is 9.84. The highest BCUT2D eigenvalue weighted by molar-refractivity contribution is 7.98. The van der Waals surface area contributed by atoms with Gasteiger partial charge in [-0.15, -0.1) is 0 Å². The van der Waals surface area contributed by atoms with Crippen LogP contribution >= 0.6 is 11.8 Å². The first-order valence-corrected chi connectivity index (χ1v) is 8.09. The molecule has 0 aliphatic heterocycles. The van der Waals surface area contributed by atoms with Crippen LogP contribution in [0.1, 0.15) is 36.3 Å². The average Bonchev–Trinajstić information content (AvgIpc) is 3.14. The number of aromatic nitrogens is 1. The molecular weight excluding hydrogens is 294 g/mol. The molecule has 116 valence electrons. The van der Waals surface area contributed by atoms with Crippen molar-refractivity contribution in [3.63, 3.8) is 0 Å². The molecule has 0 spiro atoms. The maximum absolute atomic E-state index is 12.2. The van der Waals surface area contributed by atoms with Crippen molar-refractivity contribution in [1.82, 2.24) is 9.88 Å². The van der Waals surface area contributed by atoms with E-state index in [1.807, 2.05) is 6.26 Å². The minimum atomic E-state index is -1.00. The molecule has 1 fully saturated rings. The zero-order valence-corrected chi connectivity index (χ0v) is 12.9. The highest BCUT2D eigenvalue weighted by atomic mass is 32.2. The third-order valence-electron chi connectivity index (χ3n) is 3.30. The van der Waals surface area contributed by atoms with Crippen molar-refractivity contribution in [3.05, 3.63) is 28.1 Å². The summed E-state index contributed by atoms with van der Waals surface area (Å²) in [6.45, 7) is 1.75. The van der Waals surface area contributed by atoms with Crippen molar-refractivity contribution in [2.45, 2.75) is 31.4 Å². The second kappa shape index (κ2) is 6.07. The lowest BCUT2D eigenvalue weighted by atomic mass is 10.1. The van der Waals surface area contributed by atoms with E-state index in [0.717, 1.165) is 12.8 Å². The standard InChI is InChI=1S/C13H19N3O4S/c1-13(18,8-21-2)7-14-12(17)11-5-10(16(19)20)6-15(11)9-3-4-9/h5-6,9,18H,3-4,7-8H2,1-2H3,(H,14,17). The fraction of sp³-hybridized carbons (Fsp3) is 0.615. The zero-order chi connectivity index (χ0) is 15.6. The Hall–Kier alpha value is -1.54. The van der Waals surface area contributed by atoms with Gasteiger partial charge in [-0.1, -0.05) is 0 Å². The normalized spacial score (nSPS) is 17.3. The monoisotopic (exact) mass is 313 g/mol. The number of nitrogens with one attached hydrogen (secondary N) is 1. The molecule has 1 atom stereocenters. The molecule has 1 aromatic rings. The summed E-state index contributed by atoms with van der Waals surface area (Å²) in [5, 5.41) is 23.5. The molecule has 0 bridgehead atoms. The highest BCUT2D eigenvalue weighted by Gasteiger charge is 2.31. The molecule has 1 unspecified atom stereocenters. The lowest BCUT2D eigenvalue weighted by Gasteiger charge is -2.22. The van der Waals surface area contributed by atoms with Crippen molar-refractivity contribution in [2.24, 2.45) is 0 Å². The predicted molar refractivity (Wildman–Crippen MR) is 80.7 cm³/mol. The molecule has 1 aliphatic rings. The van der Waals surface area contributed by atoms with Crippen LogP contribution in [-0.4, -0.2) is 44.7 Å². The quantitative estimate of drug-likeness (QED) is 0.588. The predicted octanol–water partition coefficient (Wildman–Crippen LogP) is 1.57. The fourth-order valence-corrected chi connectivity index (χ4v) is 2.85. The molecule has 1 heterocycles. The van der Waals surface area contributed by atoms with Crippen LogP contribution in [-0.2, 0) is 0 Å². The van der Waals surface area contributed by atoms with Gasteiger partial charge >= 0.3 is 0 Å². The van der Waals surface area contributed by atoms with Gasteiger partial charge in [0.2, 0.25) is 0 Å². The molecule has 2 rings (SSSR count). The van der Waals surface area contributed by atoms with Gasteiger partial charge in [0, 0.05) is 24.4 Å². The summed E-state index contributed by atoms with van der Waals surface area (Å²) >= 11 is 1.49. The first kappa shape index (κ1) is 15.8. The number of nitro groups is 1. The Kier molecular flexibility index (Phi) is 4.58. The van der Waals surface area contributed by atoms with Crippen LogP contribution in [0.3, 0.4) is 0 Å². The van der Waals surface area contributed by atoms with Gasteiger partial charge in [-0.2, -0.15) is 11.8 Å². The van der Waals surface area contributed by atoms with Crippen molar-refractivity contribution >= 4 is 23.4 Å². The molecule has 7 nitrogen and oxygen atoms in total. The van der Waals surface area contributed by atoms with Crippen molar-refractivity contribution < 1.29 is 14.8 Å². The number of carbonyl (C=O) groups excluding carboxylic acids is 1. The molecule has 1 saturated carbocycles. The van der Waals surface area contributed by atoms with Crippen molar-refractivity contribution in [1.29, 1.82) is 0 Å². The zero-order valence-electron chi connectivity index (χ0n) is 12.0. The fourth-order valence-electron chi connectivity index (χ4n) is 2.12. The van der Waals surface area contributed by atoms with Gasteiger partial charge in [-0.3, -0.25) is 14.9 Å². The Morgan fingerprint density at radius 3 is 2.86 bits per heavy atom. The summed E-state index contributed by atoms with van der Waals surface area (Å²) in [6, 6.07) is 1.46. The Bertz CT molecular complexity index is 552. The lowest BCUT2D eigenvalue weighted by Crippen LogP contribution is -2.42. The van der Waals surface area contributed by atoms with E-state index < -0.39 is 16.4 Å². The summed E-state index contributed by atoms with van der Waals surface area (Å²) < 4.78 is 1.66. The molecule has 1 amide bonds. The number of nitrogens with zero attached hydrogens (tertiary/aromatic N) is 2. The number of carbonyl (C=O) groups is 1. The van der Waals surface area contributed by atoms with Gasteiger partial charge in [0.25, 0.3) is 11.6 Å². The van der Waals surface area contributed by atoms with Crippen LogP contribution in [0.5, 0.6) is 0 Å². The molecular formula is C13H19N3O4S. The first-order valence-electron chi connectivity index (χ1n) is 6.70. The van der Waals surface area contributed by atoms with Crippen LogP contribution < -0.4 is 5.32 Å². The summed E-state index contributed by atoms with van der Waals surface area (Å²) in [5.74, 6) is 0.105. The Balaban J connectivity index is 2.09. The molecule has 1 aromatic heterocycles. The number of hydrogen-bond donors (Lipinski definition) is 2. The summed E-state index contributed by atoms with van der Waals surface area (Å²) in [4.78, 5) is 22.6. The van der Waals surface area contributed by atoms with Crippen LogP contribution in [0.25, 0.3) is 0 Å². The molecule has 0 saturated heterocycles. The molecule has 21 heavy (non-hydrogen) atoms. The molecule has 1 aliphatic carbocycles. The third kappa shape index (κ3) is 3.98. The number of amides is 1. The largest absolute Gasteiger partial charge is 0.387 e. The maximum atomic E-state index is 12.2. The number of rotatable bonds is 7. The van der Waals surface area contributed by atoms with Gasteiger partial charge in [-0.05, 0) is 26.0 Å². The third-order valence-corrected chi connectivity index (χ3v) is 4.21. The van der Waals surface area contributed by atoms with E-state index in [1.165, 1.54) is 24.0 Å². The minimum absolute atomic E-state index is 0.0806. The smallest absolute Gasteiger partial charge is 0.287 e. The maximum Gasteiger partial charge on any atom is 0.287 e. The number of aliphatic hydroxyl groups is 1. The number of thioether (sulfide) groups is 1. The lowest BCUT2D eigenvalue weighted by molar-refractivity contribution is -0.384. The van der Waals surface area contributed by atoms with E-state index in [2.05, 4.69) is 5.32 Å². The van der Waals surface area contributed by atoms with Crippen LogP contribution in [0.4, 0.5) is 5.69 Å². The topological polar surface area (TPSA) is 97.4 Å². The van der Waals surface area contributed by atoms with E-state index in [0.29, 0.717) is 5.75 Å². The summed E-state index contributed by atoms with van der Waals surface area (Å²) in [5.41, 5.74) is -0.801. The van der Waals surface area contributed by atoms with Crippen molar-refractivity contribution in [2.75, 3.05) is 18.6 Å². The second-order valence-electron chi connectivity index (χ2n) is 5.59. The summed E-state index contributed by atoms with van der Waals surface area (Å²) in [7, 11) is 0. The highest BCUT2D eigenvalue weighted by Crippen LogP contribution is 2.37. The van der Waals surface area contributed by atoms with E-state index >= 15 is 0 Å². The average molecular weight is 313 g/mol. The van der Waals surface area contributed by atoms with Crippen LogP contribution in [0, 0.1) is 10.1 Å². The van der Waals surface area contributed by atoms with Gasteiger partial charge in [0.1, 0.15) is 5.69 Å². The van der Waals surface area contributed by atoms with E-state index in [1.54, 1.807) is 11.5 Å². The number of hydrogen-bond acceptors (Lipinski definition) is 5. The van der Waals surface area contributed by atoms with Crippen LogP contribution in [0.15, 0.2) is 12.3 Å². The second-order valence-corrected chi connectivity index (χ2v) is 6.46. The van der Waals surface area contributed by atoms with E-state index in [4.69, 9.17) is 0 Å². The van der Waals surface area contributed by atoms with Gasteiger partial charge in [0.05, 0.1) is 16.7 Å². The van der Waals surface area contributed by atoms with E-state index in [9.17, 15) is 20.0 Å². The Labute approximate surface area is 126 Å². The molecule has 0 radical (unpaired) electrons. The van der Waals surface area contributed by atoms with Crippen molar-refractivity contribution in [3.8, 4) is 0 Å². The summed E-state index contributed by atoms with van der Waals surface area (Å²) in [6.07, 6.45) is 5.14. The minimum Gasteiger partial charge on any atom is -0.387 e. The molecule has 8 heteroatoms. The Morgan fingerprint density at radius 2 is 2.33 bits per heavy atom. The van der Waals surface area contributed by atoms with Gasteiger partial charge < -0.3 is 15.0 Å². The van der Waals surface area contributed by atoms with Crippen LogP contribution in [0.2, 0.25) is 0 Å². The molecule has 0 aromatic carbocycles. The SMILES string of the molecule is CSCC(C)(O)CNC(=O)c1cc([N+](=O)[O-])cn1C1CC1. The van der Waals surface area contributed by atoms with Gasteiger partial charge in [-0.25, -0.2) is 0 Å². The van der Waals surface area contributed by atoms with E-state index in [-0.39, 0.29) is 24.0 Å². The Morgan fingerprint density at radius 1 is 1.67 bits per heavy atom. The van der Waals surface area contributed by atoms with Gasteiger partial charge in [0.15, 0.2) is 0 Å². The molecule has 2 N–H and O–H groups in total.